The zero-order valence-corrected chi connectivity index (χ0v) is 22.1. The standard InChI is InChI=1S/C31H30S2/c1-17-8-11-23(12-9-17)29-30(32-7)27(24-16-20(4)19(3)15-21(24)5)22(6)28-25-14-18(2)10-13-26(25)33-31(28)29/h8-16H,1-7H3. The van der Waals surface area contributed by atoms with E-state index in [1.165, 1.54) is 80.7 Å². The fraction of sp³-hybridized carbons (Fsp3) is 0.226. The van der Waals surface area contributed by atoms with Gasteiger partial charge in [-0.3, -0.25) is 0 Å². The molecule has 0 fully saturated rings. The molecule has 0 N–H and O–H groups in total. The number of rotatable bonds is 3. The lowest BCUT2D eigenvalue weighted by molar-refractivity contribution is 1.28. The maximum atomic E-state index is 2.40. The smallest absolute Gasteiger partial charge is 0.0448 e. The summed E-state index contributed by atoms with van der Waals surface area (Å²) in [6.07, 6.45) is 2.23. The van der Waals surface area contributed by atoms with Crippen molar-refractivity contribution in [3.8, 4) is 22.3 Å². The second-order valence-electron chi connectivity index (χ2n) is 9.33. The van der Waals surface area contributed by atoms with Gasteiger partial charge in [-0.05, 0) is 98.9 Å². The van der Waals surface area contributed by atoms with Crippen LogP contribution in [0.5, 0.6) is 0 Å². The van der Waals surface area contributed by atoms with E-state index in [0.717, 1.165) is 0 Å². The Hall–Kier alpha value is -2.55. The summed E-state index contributed by atoms with van der Waals surface area (Å²) in [7, 11) is 0. The van der Waals surface area contributed by atoms with Gasteiger partial charge in [0.25, 0.3) is 0 Å². The first-order chi connectivity index (χ1) is 15.8. The van der Waals surface area contributed by atoms with Crippen molar-refractivity contribution >= 4 is 43.3 Å². The lowest BCUT2D eigenvalue weighted by atomic mass is 9.88. The Balaban J connectivity index is 2.02. The van der Waals surface area contributed by atoms with Gasteiger partial charge in [0.05, 0.1) is 0 Å². The van der Waals surface area contributed by atoms with E-state index in [1.54, 1.807) is 0 Å². The molecule has 5 rings (SSSR count). The van der Waals surface area contributed by atoms with E-state index in [2.05, 4.69) is 102 Å². The summed E-state index contributed by atoms with van der Waals surface area (Å²) in [6.45, 7) is 13.4. The van der Waals surface area contributed by atoms with Gasteiger partial charge >= 0.3 is 0 Å². The van der Waals surface area contributed by atoms with Crippen molar-refractivity contribution in [1.29, 1.82) is 0 Å². The Morgan fingerprint density at radius 2 is 1.33 bits per heavy atom. The lowest BCUT2D eigenvalue weighted by Gasteiger charge is -2.21. The minimum atomic E-state index is 1.30. The van der Waals surface area contributed by atoms with Crippen LogP contribution in [0, 0.1) is 41.5 Å². The normalized spacial score (nSPS) is 11.6. The first kappa shape index (κ1) is 22.3. The van der Waals surface area contributed by atoms with Crippen molar-refractivity contribution in [1.82, 2.24) is 0 Å². The van der Waals surface area contributed by atoms with Gasteiger partial charge in [0.2, 0.25) is 0 Å². The second kappa shape index (κ2) is 8.34. The molecule has 0 nitrogen and oxygen atoms in total. The molecule has 0 aliphatic carbocycles. The monoisotopic (exact) mass is 466 g/mol. The highest BCUT2D eigenvalue weighted by Crippen LogP contribution is 2.51. The summed E-state index contributed by atoms with van der Waals surface area (Å²) in [6, 6.07) is 20.7. The molecular formula is C31H30S2. The van der Waals surface area contributed by atoms with Gasteiger partial charge < -0.3 is 0 Å². The quantitative estimate of drug-likeness (QED) is 0.238. The van der Waals surface area contributed by atoms with E-state index in [0.29, 0.717) is 0 Å². The first-order valence-corrected chi connectivity index (χ1v) is 13.5. The Bertz CT molecular complexity index is 1530. The number of thiophene rings is 1. The molecule has 0 radical (unpaired) electrons. The largest absolute Gasteiger partial charge is 0.134 e. The van der Waals surface area contributed by atoms with Gasteiger partial charge in [0.15, 0.2) is 0 Å². The van der Waals surface area contributed by atoms with E-state index >= 15 is 0 Å². The van der Waals surface area contributed by atoms with Crippen LogP contribution in [0.1, 0.15) is 33.4 Å². The van der Waals surface area contributed by atoms with E-state index in [-0.39, 0.29) is 0 Å². The summed E-state index contributed by atoms with van der Waals surface area (Å²) in [5.74, 6) is 0. The van der Waals surface area contributed by atoms with Crippen molar-refractivity contribution in [3.63, 3.8) is 0 Å². The summed E-state index contributed by atoms with van der Waals surface area (Å²) in [4.78, 5) is 1.39. The average molecular weight is 467 g/mol. The second-order valence-corrected chi connectivity index (χ2v) is 11.2. The van der Waals surface area contributed by atoms with Crippen LogP contribution in [-0.2, 0) is 0 Å². The Morgan fingerprint density at radius 3 is 2.03 bits per heavy atom. The third kappa shape index (κ3) is 3.61. The molecule has 0 bridgehead atoms. The molecule has 0 spiro atoms. The number of hydrogen-bond acceptors (Lipinski definition) is 2. The molecule has 0 amide bonds. The zero-order valence-electron chi connectivity index (χ0n) is 20.5. The number of benzene rings is 4. The fourth-order valence-electron chi connectivity index (χ4n) is 5.02. The van der Waals surface area contributed by atoms with Crippen molar-refractivity contribution in [2.24, 2.45) is 0 Å². The van der Waals surface area contributed by atoms with Crippen LogP contribution >= 0.6 is 23.1 Å². The zero-order chi connectivity index (χ0) is 23.4. The topological polar surface area (TPSA) is 0 Å². The summed E-state index contributed by atoms with van der Waals surface area (Å²) >= 11 is 3.82. The van der Waals surface area contributed by atoms with Crippen LogP contribution in [0.25, 0.3) is 42.4 Å². The van der Waals surface area contributed by atoms with E-state index in [9.17, 15) is 0 Å². The molecule has 2 heteroatoms. The predicted octanol–water partition coefficient (Wildman–Crippen LogP) is 9.96. The van der Waals surface area contributed by atoms with Crippen LogP contribution < -0.4 is 0 Å². The Labute approximate surface area is 205 Å². The van der Waals surface area contributed by atoms with E-state index in [4.69, 9.17) is 0 Å². The van der Waals surface area contributed by atoms with Gasteiger partial charge in [0.1, 0.15) is 0 Å². The molecule has 5 aromatic rings. The maximum absolute atomic E-state index is 2.40. The predicted molar refractivity (Wildman–Crippen MR) is 150 cm³/mol. The fourth-order valence-corrected chi connectivity index (χ4v) is 7.29. The molecule has 0 saturated carbocycles. The van der Waals surface area contributed by atoms with Gasteiger partial charge in [-0.1, -0.05) is 53.6 Å². The molecule has 4 aromatic carbocycles. The van der Waals surface area contributed by atoms with Crippen molar-refractivity contribution in [2.75, 3.05) is 6.26 Å². The third-order valence-corrected chi connectivity index (χ3v) is 8.93. The van der Waals surface area contributed by atoms with Crippen LogP contribution in [0.2, 0.25) is 0 Å². The maximum Gasteiger partial charge on any atom is 0.0448 e. The van der Waals surface area contributed by atoms with Crippen molar-refractivity contribution in [3.05, 3.63) is 88.0 Å². The molecular weight excluding hydrogens is 436 g/mol. The molecule has 1 heterocycles. The van der Waals surface area contributed by atoms with Gasteiger partial charge in [-0.15, -0.1) is 23.1 Å². The molecule has 1 aromatic heterocycles. The third-order valence-electron chi connectivity index (χ3n) is 6.93. The van der Waals surface area contributed by atoms with Crippen LogP contribution in [0.3, 0.4) is 0 Å². The summed E-state index contributed by atoms with van der Waals surface area (Å²) in [5.41, 5.74) is 13.5. The molecule has 0 saturated heterocycles. The van der Waals surface area contributed by atoms with E-state index in [1.807, 2.05) is 23.1 Å². The summed E-state index contributed by atoms with van der Waals surface area (Å²) < 4.78 is 2.78. The van der Waals surface area contributed by atoms with Gasteiger partial charge in [-0.25, -0.2) is 0 Å². The highest BCUT2D eigenvalue weighted by Gasteiger charge is 2.23. The molecule has 166 valence electrons. The molecule has 0 atom stereocenters. The number of aryl methyl sites for hydroxylation is 6. The van der Waals surface area contributed by atoms with Crippen LogP contribution in [-0.4, -0.2) is 6.26 Å². The number of thioether (sulfide) groups is 1. The highest BCUT2D eigenvalue weighted by molar-refractivity contribution is 7.99. The van der Waals surface area contributed by atoms with E-state index < -0.39 is 0 Å². The average Bonchev–Trinajstić information content (AvgIpc) is 3.16. The van der Waals surface area contributed by atoms with Crippen LogP contribution in [0.15, 0.2) is 59.5 Å². The SMILES string of the molecule is CSc1c(-c2cc(C)c(C)cc2C)c(C)c2c(sc3ccc(C)cc32)c1-c1ccc(C)cc1. The molecule has 0 unspecified atom stereocenters. The molecule has 0 aliphatic heterocycles. The number of fused-ring (bicyclic) bond motifs is 3. The minimum Gasteiger partial charge on any atom is -0.134 e. The number of hydrogen-bond donors (Lipinski definition) is 0. The first-order valence-electron chi connectivity index (χ1n) is 11.5. The van der Waals surface area contributed by atoms with Crippen molar-refractivity contribution < 1.29 is 0 Å². The minimum absolute atomic E-state index is 1.30. The Kier molecular flexibility index (Phi) is 5.63. The van der Waals surface area contributed by atoms with Gasteiger partial charge in [0, 0.05) is 30.6 Å². The Morgan fingerprint density at radius 1 is 0.667 bits per heavy atom. The van der Waals surface area contributed by atoms with Gasteiger partial charge in [-0.2, -0.15) is 0 Å². The molecule has 33 heavy (non-hydrogen) atoms. The highest BCUT2D eigenvalue weighted by atomic mass is 32.2. The molecule has 0 aliphatic rings. The summed E-state index contributed by atoms with van der Waals surface area (Å²) in [5, 5.41) is 2.80. The lowest BCUT2D eigenvalue weighted by Crippen LogP contribution is -1.97. The van der Waals surface area contributed by atoms with Crippen LogP contribution in [0.4, 0.5) is 0 Å². The van der Waals surface area contributed by atoms with Crippen molar-refractivity contribution in [2.45, 2.75) is 46.4 Å².